The van der Waals surface area contributed by atoms with Crippen molar-refractivity contribution in [2.24, 2.45) is 5.92 Å². The van der Waals surface area contributed by atoms with Gasteiger partial charge in [0, 0.05) is 25.2 Å². The zero-order valence-corrected chi connectivity index (χ0v) is 11.7. The lowest BCUT2D eigenvalue weighted by atomic mass is 9.87. The second-order valence-electron chi connectivity index (χ2n) is 6.93. The molecule has 0 spiro atoms. The van der Waals surface area contributed by atoms with Crippen LogP contribution in [0.5, 0.6) is 0 Å². The Morgan fingerprint density at radius 1 is 1.11 bits per heavy atom. The van der Waals surface area contributed by atoms with E-state index in [1.807, 2.05) is 7.05 Å². The van der Waals surface area contributed by atoms with Crippen molar-refractivity contribution >= 4 is 5.91 Å². The van der Waals surface area contributed by atoms with Gasteiger partial charge in [0.05, 0.1) is 18.1 Å². The smallest absolute Gasteiger partial charge is 0.228 e. The molecule has 4 fully saturated rings. The molecule has 4 heterocycles. The van der Waals surface area contributed by atoms with Gasteiger partial charge in [-0.25, -0.2) is 0 Å². The third-order valence-electron chi connectivity index (χ3n) is 5.77. The highest BCUT2D eigenvalue weighted by molar-refractivity contribution is 5.80. The highest BCUT2D eigenvalue weighted by Gasteiger charge is 2.46. The van der Waals surface area contributed by atoms with E-state index in [0.29, 0.717) is 30.1 Å². The quantitative estimate of drug-likeness (QED) is 0.817. The van der Waals surface area contributed by atoms with Gasteiger partial charge in [-0.2, -0.15) is 0 Å². The van der Waals surface area contributed by atoms with Gasteiger partial charge in [-0.05, 0) is 44.9 Å². The lowest BCUT2D eigenvalue weighted by Gasteiger charge is -2.37. The maximum Gasteiger partial charge on any atom is 0.228 e. The van der Waals surface area contributed by atoms with Gasteiger partial charge in [-0.3, -0.25) is 4.79 Å². The predicted molar refractivity (Wildman–Crippen MR) is 71.7 cm³/mol. The summed E-state index contributed by atoms with van der Waals surface area (Å²) in [5.74, 6) is 0.495. The van der Waals surface area contributed by atoms with E-state index in [-0.39, 0.29) is 12.0 Å². The molecule has 106 valence electrons. The molecule has 5 atom stereocenters. The van der Waals surface area contributed by atoms with E-state index >= 15 is 0 Å². The number of nitrogens with one attached hydrogen (secondary N) is 1. The van der Waals surface area contributed by atoms with Crippen molar-refractivity contribution in [3.63, 3.8) is 0 Å². The number of rotatable bonds is 2. The van der Waals surface area contributed by atoms with E-state index < -0.39 is 0 Å². The third kappa shape index (κ3) is 2.00. The molecule has 0 saturated carbocycles. The molecule has 1 N–H and O–H groups in total. The first-order chi connectivity index (χ1) is 9.20. The molecule has 4 aliphatic heterocycles. The van der Waals surface area contributed by atoms with Gasteiger partial charge in [-0.1, -0.05) is 0 Å². The number of fused-ring (bicyclic) bond motifs is 4. The SMILES string of the molecule is CN(C(=O)C1CC2CCC1O2)C1CC2CCC(C1)N2. The van der Waals surface area contributed by atoms with E-state index in [1.54, 1.807) is 0 Å². The Balaban J connectivity index is 1.42. The second-order valence-corrected chi connectivity index (χ2v) is 6.93. The number of ether oxygens (including phenoxy) is 1. The minimum atomic E-state index is 0.149. The molecular weight excluding hydrogens is 240 g/mol. The molecule has 4 rings (SSSR count). The number of amides is 1. The lowest BCUT2D eigenvalue weighted by molar-refractivity contribution is -0.138. The third-order valence-corrected chi connectivity index (χ3v) is 5.77. The van der Waals surface area contributed by atoms with E-state index in [9.17, 15) is 4.79 Å². The van der Waals surface area contributed by atoms with Crippen molar-refractivity contribution in [1.82, 2.24) is 10.2 Å². The number of nitrogens with zero attached hydrogens (tertiary/aromatic N) is 1. The van der Waals surface area contributed by atoms with Crippen molar-refractivity contribution in [1.29, 1.82) is 0 Å². The maximum absolute atomic E-state index is 12.7. The van der Waals surface area contributed by atoms with Crippen LogP contribution in [0.3, 0.4) is 0 Å². The molecule has 0 aromatic heterocycles. The Labute approximate surface area is 114 Å². The summed E-state index contributed by atoms with van der Waals surface area (Å²) in [4.78, 5) is 14.8. The fourth-order valence-corrected chi connectivity index (χ4v) is 4.68. The Kier molecular flexibility index (Phi) is 2.85. The molecule has 4 bridgehead atoms. The summed E-state index contributed by atoms with van der Waals surface area (Å²) in [6, 6.07) is 1.75. The van der Waals surface area contributed by atoms with E-state index in [1.165, 1.54) is 12.8 Å². The van der Waals surface area contributed by atoms with Crippen LogP contribution in [0.1, 0.15) is 44.9 Å². The minimum Gasteiger partial charge on any atom is -0.374 e. The topological polar surface area (TPSA) is 41.6 Å². The Morgan fingerprint density at radius 3 is 2.42 bits per heavy atom. The lowest BCUT2D eigenvalue weighted by Crippen LogP contribution is -2.50. The van der Waals surface area contributed by atoms with Crippen LogP contribution in [-0.4, -0.2) is 48.2 Å². The van der Waals surface area contributed by atoms with Crippen molar-refractivity contribution in [3.05, 3.63) is 0 Å². The van der Waals surface area contributed by atoms with Crippen LogP contribution >= 0.6 is 0 Å². The number of carbonyl (C=O) groups excluding carboxylic acids is 1. The van der Waals surface area contributed by atoms with Gasteiger partial charge in [0.2, 0.25) is 5.91 Å². The predicted octanol–water partition coefficient (Wildman–Crippen LogP) is 1.30. The van der Waals surface area contributed by atoms with Gasteiger partial charge in [-0.15, -0.1) is 0 Å². The van der Waals surface area contributed by atoms with Crippen LogP contribution in [0, 0.1) is 5.92 Å². The van der Waals surface area contributed by atoms with Crippen LogP contribution < -0.4 is 5.32 Å². The van der Waals surface area contributed by atoms with Crippen LogP contribution in [0.4, 0.5) is 0 Å². The summed E-state index contributed by atoms with van der Waals surface area (Å²) in [6.07, 6.45) is 8.67. The first kappa shape index (κ1) is 12.2. The second kappa shape index (κ2) is 4.45. The highest BCUT2D eigenvalue weighted by atomic mass is 16.5. The van der Waals surface area contributed by atoms with Crippen molar-refractivity contribution < 1.29 is 9.53 Å². The molecular formula is C15H24N2O2. The highest BCUT2D eigenvalue weighted by Crippen LogP contribution is 2.40. The summed E-state index contributed by atoms with van der Waals surface area (Å²) in [7, 11) is 2.02. The summed E-state index contributed by atoms with van der Waals surface area (Å²) in [5.41, 5.74) is 0. The summed E-state index contributed by atoms with van der Waals surface area (Å²) >= 11 is 0. The molecule has 4 nitrogen and oxygen atoms in total. The van der Waals surface area contributed by atoms with Crippen molar-refractivity contribution in [3.8, 4) is 0 Å². The molecule has 5 unspecified atom stereocenters. The molecule has 0 radical (unpaired) electrons. The Morgan fingerprint density at radius 2 is 1.84 bits per heavy atom. The van der Waals surface area contributed by atoms with Gasteiger partial charge < -0.3 is 15.0 Å². The Hall–Kier alpha value is -0.610. The first-order valence-electron chi connectivity index (χ1n) is 7.89. The molecule has 1 amide bonds. The fourth-order valence-electron chi connectivity index (χ4n) is 4.68. The van der Waals surface area contributed by atoms with Gasteiger partial charge in [0.1, 0.15) is 0 Å². The van der Waals surface area contributed by atoms with E-state index in [4.69, 9.17) is 4.74 Å². The van der Waals surface area contributed by atoms with E-state index in [2.05, 4.69) is 10.2 Å². The largest absolute Gasteiger partial charge is 0.374 e. The molecule has 4 heteroatoms. The molecule has 19 heavy (non-hydrogen) atoms. The zero-order valence-electron chi connectivity index (χ0n) is 11.7. The van der Waals surface area contributed by atoms with Gasteiger partial charge in [0.25, 0.3) is 0 Å². The molecule has 0 aromatic rings. The van der Waals surface area contributed by atoms with E-state index in [0.717, 1.165) is 32.1 Å². The summed E-state index contributed by atoms with van der Waals surface area (Å²) < 4.78 is 5.84. The zero-order chi connectivity index (χ0) is 13.0. The number of hydrogen-bond acceptors (Lipinski definition) is 3. The maximum atomic E-state index is 12.7. The number of carbonyl (C=O) groups is 1. The van der Waals surface area contributed by atoms with Crippen LogP contribution in [-0.2, 0) is 9.53 Å². The molecule has 0 aromatic carbocycles. The van der Waals surface area contributed by atoms with Crippen LogP contribution in [0.25, 0.3) is 0 Å². The number of hydrogen-bond donors (Lipinski definition) is 1. The standard InChI is InChI=1S/C15H24N2O2/c1-17(11-6-9-2-3-10(7-11)16-9)15(18)13-8-12-4-5-14(13)19-12/h9-14,16H,2-8H2,1H3. The Bertz CT molecular complexity index is 374. The van der Waals surface area contributed by atoms with Gasteiger partial charge in [0.15, 0.2) is 0 Å². The normalized spacial score (nSPS) is 47.6. The molecule has 4 saturated heterocycles. The minimum absolute atomic E-state index is 0.149. The first-order valence-corrected chi connectivity index (χ1v) is 7.89. The van der Waals surface area contributed by atoms with Crippen molar-refractivity contribution in [2.45, 2.75) is 75.3 Å². The average molecular weight is 264 g/mol. The fraction of sp³-hybridized carbons (Fsp3) is 0.933. The van der Waals surface area contributed by atoms with Crippen molar-refractivity contribution in [2.75, 3.05) is 7.05 Å². The van der Waals surface area contributed by atoms with Gasteiger partial charge >= 0.3 is 0 Å². The summed E-state index contributed by atoms with van der Waals surface area (Å²) in [6.45, 7) is 0. The number of piperidine rings is 1. The average Bonchev–Trinajstić information content (AvgIpc) is 3.12. The molecule has 0 aliphatic carbocycles. The summed E-state index contributed by atoms with van der Waals surface area (Å²) in [5, 5.41) is 3.65. The molecule has 4 aliphatic rings. The monoisotopic (exact) mass is 264 g/mol. The van der Waals surface area contributed by atoms with Crippen LogP contribution in [0.2, 0.25) is 0 Å². The van der Waals surface area contributed by atoms with Crippen LogP contribution in [0.15, 0.2) is 0 Å².